The van der Waals surface area contributed by atoms with E-state index in [0.29, 0.717) is 28.8 Å². The number of nitrogens with one attached hydrogen (secondary N) is 2. The molecule has 5 nitrogen and oxygen atoms in total. The van der Waals surface area contributed by atoms with Gasteiger partial charge in [-0.05, 0) is 55.7 Å². The van der Waals surface area contributed by atoms with Gasteiger partial charge in [-0.15, -0.1) is 11.3 Å². The first-order chi connectivity index (χ1) is 14.1. The lowest BCUT2D eigenvalue weighted by atomic mass is 10.1. The van der Waals surface area contributed by atoms with Crippen LogP contribution in [0.5, 0.6) is 5.75 Å². The van der Waals surface area contributed by atoms with Gasteiger partial charge in [-0.25, -0.2) is 0 Å². The molecule has 146 valence electrons. The normalized spacial score (nSPS) is 14.4. The van der Waals surface area contributed by atoms with Gasteiger partial charge in [0, 0.05) is 33.3 Å². The summed E-state index contributed by atoms with van der Waals surface area (Å²) in [6.45, 7) is 2.38. The topological polar surface area (TPSA) is 67.4 Å². The summed E-state index contributed by atoms with van der Waals surface area (Å²) >= 11 is 1.47. The average Bonchev–Trinajstić information content (AvgIpc) is 3.43. The van der Waals surface area contributed by atoms with Crippen LogP contribution in [0, 0.1) is 6.92 Å². The molecular formula is C23H20N2O3S. The molecule has 1 aromatic heterocycles. The monoisotopic (exact) mass is 404 g/mol. The quantitative estimate of drug-likeness (QED) is 0.659. The number of carbonyl (C=O) groups excluding carboxylic acids is 2. The molecule has 0 radical (unpaired) electrons. The van der Waals surface area contributed by atoms with E-state index in [-0.39, 0.29) is 11.8 Å². The minimum absolute atomic E-state index is 0.0941. The highest BCUT2D eigenvalue weighted by atomic mass is 32.1. The number of carbonyl (C=O) groups is 2. The van der Waals surface area contributed by atoms with Gasteiger partial charge >= 0.3 is 0 Å². The minimum Gasteiger partial charge on any atom is -0.488 e. The molecule has 1 aliphatic heterocycles. The molecule has 0 unspecified atom stereocenters. The van der Waals surface area contributed by atoms with Crippen molar-refractivity contribution >= 4 is 28.8 Å². The van der Waals surface area contributed by atoms with E-state index < -0.39 is 0 Å². The van der Waals surface area contributed by atoms with Crippen molar-refractivity contribution in [1.82, 2.24) is 5.32 Å². The predicted octanol–water partition coefficient (Wildman–Crippen LogP) is 4.76. The lowest BCUT2D eigenvalue weighted by molar-refractivity contribution is 0.0949. The molecule has 0 saturated heterocycles. The maximum atomic E-state index is 12.9. The lowest BCUT2D eigenvalue weighted by Gasteiger charge is -2.16. The largest absolute Gasteiger partial charge is 0.488 e. The highest BCUT2D eigenvalue weighted by Gasteiger charge is 2.25. The van der Waals surface area contributed by atoms with Crippen molar-refractivity contribution in [3.63, 3.8) is 0 Å². The number of hydrogen-bond donors (Lipinski definition) is 2. The highest BCUT2D eigenvalue weighted by Crippen LogP contribution is 2.42. The van der Waals surface area contributed by atoms with Crippen LogP contribution in [0.15, 0.2) is 48.5 Å². The number of fused-ring (bicyclic) bond motifs is 3. The highest BCUT2D eigenvalue weighted by molar-refractivity contribution is 7.17. The second-order valence-electron chi connectivity index (χ2n) is 7.48. The first-order valence-corrected chi connectivity index (χ1v) is 10.5. The number of para-hydroxylation sites is 1. The molecule has 6 heteroatoms. The summed E-state index contributed by atoms with van der Waals surface area (Å²) in [4.78, 5) is 27.0. The zero-order chi connectivity index (χ0) is 20.0. The number of amides is 2. The Bertz CT molecular complexity index is 1130. The van der Waals surface area contributed by atoms with Gasteiger partial charge in [0.2, 0.25) is 0 Å². The standard InChI is InChI=1S/C23H20N2O3S/c1-13-6-7-14(22(26)24-16-8-9-16)10-18(13)25-23(27)20-11-15-12-28-19-5-3-2-4-17(19)21(15)29-20/h2-7,10-11,16H,8-9,12H2,1H3,(H,24,26)(H,25,27). The van der Waals surface area contributed by atoms with Crippen molar-refractivity contribution < 1.29 is 14.3 Å². The fourth-order valence-electron chi connectivity index (χ4n) is 3.39. The molecule has 2 N–H and O–H groups in total. The Kier molecular flexibility index (Phi) is 4.36. The first-order valence-electron chi connectivity index (χ1n) is 9.66. The van der Waals surface area contributed by atoms with E-state index >= 15 is 0 Å². The van der Waals surface area contributed by atoms with Crippen molar-refractivity contribution in [3.8, 4) is 16.2 Å². The van der Waals surface area contributed by atoms with E-state index in [9.17, 15) is 9.59 Å². The Morgan fingerprint density at radius 1 is 1.07 bits per heavy atom. The second-order valence-corrected chi connectivity index (χ2v) is 8.53. The van der Waals surface area contributed by atoms with Gasteiger partial charge in [0.05, 0.1) is 4.88 Å². The molecule has 1 aliphatic carbocycles. The maximum absolute atomic E-state index is 12.9. The summed E-state index contributed by atoms with van der Waals surface area (Å²) < 4.78 is 5.79. The third-order valence-electron chi connectivity index (χ3n) is 5.21. The first kappa shape index (κ1) is 17.9. The molecule has 3 aromatic rings. The Labute approximate surface area is 172 Å². The zero-order valence-electron chi connectivity index (χ0n) is 16.0. The Morgan fingerprint density at radius 2 is 1.90 bits per heavy atom. The van der Waals surface area contributed by atoms with Gasteiger partial charge in [-0.2, -0.15) is 0 Å². The molecule has 2 heterocycles. The summed E-state index contributed by atoms with van der Waals surface area (Å²) in [6, 6.07) is 15.5. The molecule has 2 aliphatic rings. The smallest absolute Gasteiger partial charge is 0.265 e. The molecule has 1 saturated carbocycles. The summed E-state index contributed by atoms with van der Waals surface area (Å²) in [7, 11) is 0. The Morgan fingerprint density at radius 3 is 2.72 bits per heavy atom. The van der Waals surface area contributed by atoms with Crippen LogP contribution < -0.4 is 15.4 Å². The summed E-state index contributed by atoms with van der Waals surface area (Å²) in [5.41, 5.74) is 4.17. The maximum Gasteiger partial charge on any atom is 0.265 e. The molecule has 0 bridgehead atoms. The molecule has 2 aromatic carbocycles. The van der Waals surface area contributed by atoms with Crippen LogP contribution in [0.3, 0.4) is 0 Å². The summed E-state index contributed by atoms with van der Waals surface area (Å²) in [5.74, 6) is 0.576. The number of rotatable bonds is 4. The summed E-state index contributed by atoms with van der Waals surface area (Å²) in [5, 5.41) is 5.96. The van der Waals surface area contributed by atoms with Gasteiger partial charge in [-0.3, -0.25) is 9.59 Å². The van der Waals surface area contributed by atoms with E-state index in [4.69, 9.17) is 4.74 Å². The summed E-state index contributed by atoms with van der Waals surface area (Å²) in [6.07, 6.45) is 2.08. The number of benzene rings is 2. The van der Waals surface area contributed by atoms with Crippen LogP contribution >= 0.6 is 11.3 Å². The second kappa shape index (κ2) is 7.04. The van der Waals surface area contributed by atoms with Crippen LogP contribution in [0.1, 0.15) is 44.0 Å². The zero-order valence-corrected chi connectivity index (χ0v) is 16.8. The van der Waals surface area contributed by atoms with Gasteiger partial charge in [0.1, 0.15) is 12.4 Å². The van der Waals surface area contributed by atoms with E-state index in [1.807, 2.05) is 43.3 Å². The van der Waals surface area contributed by atoms with Crippen LogP contribution in [-0.4, -0.2) is 17.9 Å². The fraction of sp³-hybridized carbons (Fsp3) is 0.217. The van der Waals surface area contributed by atoms with Crippen LogP contribution in [-0.2, 0) is 6.61 Å². The number of hydrogen-bond acceptors (Lipinski definition) is 4. The predicted molar refractivity (Wildman–Crippen MR) is 114 cm³/mol. The minimum atomic E-state index is -0.176. The van der Waals surface area contributed by atoms with Gasteiger partial charge in [0.15, 0.2) is 0 Å². The lowest BCUT2D eigenvalue weighted by Crippen LogP contribution is -2.25. The number of ether oxygens (including phenoxy) is 1. The van der Waals surface area contributed by atoms with Crippen molar-refractivity contribution in [2.24, 2.45) is 0 Å². The SMILES string of the molecule is Cc1ccc(C(=O)NC2CC2)cc1NC(=O)c1cc2c(s1)-c1ccccc1OC2. The van der Waals surface area contributed by atoms with E-state index in [1.165, 1.54) is 11.3 Å². The third kappa shape index (κ3) is 3.51. The van der Waals surface area contributed by atoms with E-state index in [2.05, 4.69) is 10.6 Å². The third-order valence-corrected chi connectivity index (χ3v) is 6.42. The fourth-order valence-corrected chi connectivity index (χ4v) is 4.48. The Hall–Kier alpha value is -3.12. The molecule has 0 atom stereocenters. The number of anilines is 1. The van der Waals surface area contributed by atoms with Gasteiger partial charge in [0.25, 0.3) is 11.8 Å². The van der Waals surface area contributed by atoms with Crippen LogP contribution in [0.4, 0.5) is 5.69 Å². The molecule has 2 amide bonds. The average molecular weight is 404 g/mol. The molecule has 1 fully saturated rings. The van der Waals surface area contributed by atoms with Crippen molar-refractivity contribution in [1.29, 1.82) is 0 Å². The number of aryl methyl sites for hydroxylation is 1. The van der Waals surface area contributed by atoms with Gasteiger partial charge < -0.3 is 15.4 Å². The van der Waals surface area contributed by atoms with Gasteiger partial charge in [-0.1, -0.05) is 18.2 Å². The number of thiophene rings is 1. The molecular weight excluding hydrogens is 384 g/mol. The van der Waals surface area contributed by atoms with Crippen molar-refractivity contribution in [2.75, 3.05) is 5.32 Å². The van der Waals surface area contributed by atoms with Crippen LogP contribution in [0.25, 0.3) is 10.4 Å². The van der Waals surface area contributed by atoms with Crippen LogP contribution in [0.2, 0.25) is 0 Å². The van der Waals surface area contributed by atoms with E-state index in [0.717, 1.165) is 40.2 Å². The Balaban J connectivity index is 1.39. The van der Waals surface area contributed by atoms with Crippen molar-refractivity contribution in [3.05, 3.63) is 70.1 Å². The molecule has 5 rings (SSSR count). The van der Waals surface area contributed by atoms with Crippen molar-refractivity contribution in [2.45, 2.75) is 32.4 Å². The molecule has 0 spiro atoms. The van der Waals surface area contributed by atoms with E-state index in [1.54, 1.807) is 12.1 Å². The molecule has 29 heavy (non-hydrogen) atoms.